The molecule has 4 rings (SSSR count). The summed E-state index contributed by atoms with van der Waals surface area (Å²) in [6, 6.07) is 13.6. The number of non-ortho nitro benzene ring substituents is 1. The highest BCUT2D eigenvalue weighted by Gasteiger charge is 2.20. The Morgan fingerprint density at radius 1 is 1.19 bits per heavy atom. The van der Waals surface area contributed by atoms with Crippen LogP contribution in [0.5, 0.6) is 0 Å². The fraction of sp³-hybridized carbons (Fsp3) is 0.0588. The largest absolute Gasteiger partial charge is 0.321 e. The van der Waals surface area contributed by atoms with E-state index >= 15 is 0 Å². The first kappa shape index (κ1) is 16.9. The van der Waals surface area contributed by atoms with E-state index in [1.54, 1.807) is 13.1 Å². The van der Waals surface area contributed by atoms with Crippen LogP contribution in [0.2, 0.25) is 0 Å². The number of fused-ring (bicyclic) bond motifs is 1. The van der Waals surface area contributed by atoms with E-state index < -0.39 is 4.92 Å². The van der Waals surface area contributed by atoms with Gasteiger partial charge in [-0.05, 0) is 33.8 Å². The van der Waals surface area contributed by atoms with Crippen molar-refractivity contribution < 1.29 is 4.92 Å². The standard InChI is InChI=1S/C17H12N6O3S/c1-22-17(19-20-21-22)27-15-14(10-5-3-2-4-6-10)12-9-11(23(25)26)7-8-13(12)18-16(15)24/h2-9H,1H3,(H,18,24). The van der Waals surface area contributed by atoms with Crippen LogP contribution >= 0.6 is 11.8 Å². The molecule has 0 fully saturated rings. The summed E-state index contributed by atoms with van der Waals surface area (Å²) in [5.74, 6) is 0. The predicted octanol–water partition coefficient (Wildman–Crippen LogP) is 2.78. The number of aromatic amines is 1. The van der Waals surface area contributed by atoms with Crippen LogP contribution in [0.25, 0.3) is 22.0 Å². The lowest BCUT2D eigenvalue weighted by Crippen LogP contribution is -2.11. The molecule has 0 bridgehead atoms. The lowest BCUT2D eigenvalue weighted by atomic mass is 10.0. The Balaban J connectivity index is 2.06. The van der Waals surface area contributed by atoms with Crippen LogP contribution in [0.3, 0.4) is 0 Å². The van der Waals surface area contributed by atoms with E-state index in [-0.39, 0.29) is 11.2 Å². The zero-order valence-electron chi connectivity index (χ0n) is 14.0. The first-order chi connectivity index (χ1) is 13.0. The smallest absolute Gasteiger partial charge is 0.270 e. The van der Waals surface area contributed by atoms with Gasteiger partial charge >= 0.3 is 0 Å². The Hall–Kier alpha value is -3.53. The number of pyridine rings is 1. The predicted molar refractivity (Wildman–Crippen MR) is 99.6 cm³/mol. The number of aryl methyl sites for hydroxylation is 1. The van der Waals surface area contributed by atoms with Gasteiger partial charge in [-0.3, -0.25) is 14.9 Å². The molecule has 2 aromatic carbocycles. The third kappa shape index (κ3) is 3.06. The monoisotopic (exact) mass is 380 g/mol. The number of nitrogens with zero attached hydrogens (tertiary/aromatic N) is 5. The third-order valence-electron chi connectivity index (χ3n) is 4.00. The average Bonchev–Trinajstić information content (AvgIpc) is 3.07. The maximum Gasteiger partial charge on any atom is 0.270 e. The molecule has 134 valence electrons. The minimum atomic E-state index is -0.460. The van der Waals surface area contributed by atoms with Crippen molar-refractivity contribution in [1.82, 2.24) is 25.2 Å². The summed E-state index contributed by atoms with van der Waals surface area (Å²) in [6.07, 6.45) is 0. The summed E-state index contributed by atoms with van der Waals surface area (Å²) in [5.41, 5.74) is 1.52. The Labute approximate surface area is 156 Å². The Kier molecular flexibility index (Phi) is 4.16. The molecular formula is C17H12N6O3S. The molecule has 9 nitrogen and oxygen atoms in total. The Morgan fingerprint density at radius 3 is 2.63 bits per heavy atom. The fourth-order valence-corrected chi connectivity index (χ4v) is 3.67. The van der Waals surface area contributed by atoms with Gasteiger partial charge in [0.1, 0.15) is 0 Å². The van der Waals surface area contributed by atoms with E-state index in [4.69, 9.17) is 0 Å². The van der Waals surface area contributed by atoms with E-state index in [0.717, 1.165) is 17.3 Å². The second-order valence-electron chi connectivity index (χ2n) is 5.70. The second-order valence-corrected chi connectivity index (χ2v) is 6.68. The molecular weight excluding hydrogens is 368 g/mol. The number of H-pyrrole nitrogens is 1. The van der Waals surface area contributed by atoms with Gasteiger partial charge < -0.3 is 4.98 Å². The van der Waals surface area contributed by atoms with Crippen LogP contribution in [-0.4, -0.2) is 30.1 Å². The highest BCUT2D eigenvalue weighted by Crippen LogP contribution is 2.37. The third-order valence-corrected chi connectivity index (χ3v) is 5.12. The molecule has 0 unspecified atom stereocenters. The van der Waals surface area contributed by atoms with Crippen LogP contribution in [0.1, 0.15) is 0 Å². The molecule has 0 aliphatic carbocycles. The highest BCUT2D eigenvalue weighted by molar-refractivity contribution is 7.99. The number of tetrazole rings is 1. The molecule has 0 aliphatic rings. The van der Waals surface area contributed by atoms with Gasteiger partial charge in [0.25, 0.3) is 11.2 Å². The normalized spacial score (nSPS) is 11.0. The van der Waals surface area contributed by atoms with Gasteiger partial charge in [-0.25, -0.2) is 4.68 Å². The number of hydrogen-bond acceptors (Lipinski definition) is 7. The lowest BCUT2D eigenvalue weighted by Gasteiger charge is -2.12. The van der Waals surface area contributed by atoms with Crippen molar-refractivity contribution in [2.24, 2.45) is 7.05 Å². The molecule has 0 saturated heterocycles. The molecule has 0 spiro atoms. The van der Waals surface area contributed by atoms with E-state index in [9.17, 15) is 14.9 Å². The summed E-state index contributed by atoms with van der Waals surface area (Å²) in [7, 11) is 1.67. The van der Waals surface area contributed by atoms with E-state index in [0.29, 0.717) is 26.5 Å². The van der Waals surface area contributed by atoms with Gasteiger partial charge in [0, 0.05) is 35.6 Å². The zero-order chi connectivity index (χ0) is 19.0. The summed E-state index contributed by atoms with van der Waals surface area (Å²) in [5, 5.41) is 23.5. The fourth-order valence-electron chi connectivity index (χ4n) is 2.76. The molecule has 2 heterocycles. The van der Waals surface area contributed by atoms with Crippen molar-refractivity contribution >= 4 is 28.4 Å². The minimum Gasteiger partial charge on any atom is -0.321 e. The molecule has 0 amide bonds. The highest BCUT2D eigenvalue weighted by atomic mass is 32.2. The molecule has 0 aliphatic heterocycles. The molecule has 0 radical (unpaired) electrons. The quantitative estimate of drug-likeness (QED) is 0.427. The van der Waals surface area contributed by atoms with Crippen LogP contribution in [0, 0.1) is 10.1 Å². The van der Waals surface area contributed by atoms with Crippen LogP contribution in [0.15, 0.2) is 63.4 Å². The maximum atomic E-state index is 12.8. The van der Waals surface area contributed by atoms with Gasteiger partial charge in [-0.1, -0.05) is 30.3 Å². The van der Waals surface area contributed by atoms with Gasteiger partial charge in [-0.2, -0.15) is 0 Å². The lowest BCUT2D eigenvalue weighted by molar-refractivity contribution is -0.384. The molecule has 1 N–H and O–H groups in total. The number of nitrogens with one attached hydrogen (secondary N) is 1. The van der Waals surface area contributed by atoms with Crippen LogP contribution in [-0.2, 0) is 7.05 Å². The van der Waals surface area contributed by atoms with Gasteiger partial charge in [-0.15, -0.1) is 5.10 Å². The Morgan fingerprint density at radius 2 is 1.96 bits per heavy atom. The van der Waals surface area contributed by atoms with Crippen molar-refractivity contribution in [3.63, 3.8) is 0 Å². The number of nitro groups is 1. The SMILES string of the molecule is Cn1nnnc1Sc1c(-c2ccccc2)c2cc([N+](=O)[O-])ccc2[nH]c1=O. The van der Waals surface area contributed by atoms with Gasteiger partial charge in [0.05, 0.1) is 9.82 Å². The van der Waals surface area contributed by atoms with Crippen molar-refractivity contribution in [1.29, 1.82) is 0 Å². The molecule has 0 atom stereocenters. The number of benzene rings is 2. The van der Waals surface area contributed by atoms with E-state index in [1.807, 2.05) is 30.3 Å². The summed E-state index contributed by atoms with van der Waals surface area (Å²) in [4.78, 5) is 26.7. The summed E-state index contributed by atoms with van der Waals surface area (Å²) >= 11 is 1.11. The molecule has 0 saturated carbocycles. The van der Waals surface area contributed by atoms with Crippen molar-refractivity contribution in [2.75, 3.05) is 0 Å². The molecule has 4 aromatic rings. The number of rotatable bonds is 4. The van der Waals surface area contributed by atoms with Crippen molar-refractivity contribution in [2.45, 2.75) is 10.1 Å². The molecule has 2 aromatic heterocycles. The zero-order valence-corrected chi connectivity index (χ0v) is 14.8. The first-order valence-electron chi connectivity index (χ1n) is 7.84. The van der Waals surface area contributed by atoms with Crippen LogP contribution < -0.4 is 5.56 Å². The maximum absolute atomic E-state index is 12.8. The van der Waals surface area contributed by atoms with Gasteiger partial charge in [0.15, 0.2) is 0 Å². The van der Waals surface area contributed by atoms with Crippen molar-refractivity contribution in [3.8, 4) is 11.1 Å². The minimum absolute atomic E-state index is 0.0528. The topological polar surface area (TPSA) is 120 Å². The average molecular weight is 380 g/mol. The number of nitro benzene ring substituents is 1. The van der Waals surface area contributed by atoms with E-state index in [2.05, 4.69) is 20.5 Å². The molecule has 10 heteroatoms. The number of hydrogen-bond donors (Lipinski definition) is 1. The van der Waals surface area contributed by atoms with Crippen molar-refractivity contribution in [3.05, 3.63) is 69.0 Å². The first-order valence-corrected chi connectivity index (χ1v) is 8.66. The summed E-state index contributed by atoms with van der Waals surface area (Å²) < 4.78 is 1.45. The van der Waals surface area contributed by atoms with Crippen LogP contribution in [0.4, 0.5) is 5.69 Å². The van der Waals surface area contributed by atoms with E-state index in [1.165, 1.54) is 16.8 Å². The summed E-state index contributed by atoms with van der Waals surface area (Å²) in [6.45, 7) is 0. The second kappa shape index (κ2) is 6.65. The molecule has 27 heavy (non-hydrogen) atoms. The number of aromatic nitrogens is 5. The Bertz CT molecular complexity index is 1220. The van der Waals surface area contributed by atoms with Gasteiger partial charge in [0.2, 0.25) is 5.16 Å².